The van der Waals surface area contributed by atoms with Crippen LogP contribution in [0.25, 0.3) is 0 Å². The van der Waals surface area contributed by atoms with Gasteiger partial charge in [0.1, 0.15) is 0 Å². The maximum atomic E-state index is 6.04. The molecule has 0 spiro atoms. The van der Waals surface area contributed by atoms with Gasteiger partial charge in [-0.05, 0) is 56.9 Å². The molecule has 19 heavy (non-hydrogen) atoms. The van der Waals surface area contributed by atoms with Gasteiger partial charge in [-0.15, -0.1) is 0 Å². The van der Waals surface area contributed by atoms with Gasteiger partial charge in [-0.1, -0.05) is 61.7 Å². The lowest BCUT2D eigenvalue weighted by atomic mass is 9.99. The number of rotatable bonds is 8. The fourth-order valence-electron chi connectivity index (χ4n) is 1.82. The van der Waals surface area contributed by atoms with Crippen molar-refractivity contribution >= 4 is 11.6 Å². The maximum absolute atomic E-state index is 6.04. The van der Waals surface area contributed by atoms with Crippen molar-refractivity contribution in [2.24, 2.45) is 0 Å². The molecule has 0 saturated heterocycles. The summed E-state index contributed by atoms with van der Waals surface area (Å²) >= 11 is 6.04. The molecule has 0 amide bonds. The van der Waals surface area contributed by atoms with Crippen LogP contribution in [-0.2, 0) is 0 Å². The Morgan fingerprint density at radius 2 is 1.84 bits per heavy atom. The number of halogens is 1. The highest BCUT2D eigenvalue weighted by Crippen LogP contribution is 2.20. The smallest absolute Gasteiger partial charge is 0.0402 e. The standard InChI is InChI=1S/C18H27Cl/c1-6-8-9-10-12-18(15(3)4)16(5)13-14-17(19)11-7-2/h7,11-14H,3,6,8-10H2,1-2,4-5H3/b11-7-,16-13+,17-14+,18-12+. The van der Waals surface area contributed by atoms with Crippen LogP contribution >= 0.6 is 11.6 Å². The van der Waals surface area contributed by atoms with Crippen LogP contribution in [0.3, 0.4) is 0 Å². The van der Waals surface area contributed by atoms with Gasteiger partial charge in [0.25, 0.3) is 0 Å². The highest BCUT2D eigenvalue weighted by Gasteiger charge is 2.00. The lowest BCUT2D eigenvalue weighted by Gasteiger charge is -2.07. The second-order valence-corrected chi connectivity index (χ2v) is 5.23. The van der Waals surface area contributed by atoms with Gasteiger partial charge in [-0.2, -0.15) is 0 Å². The van der Waals surface area contributed by atoms with Crippen LogP contribution in [0.2, 0.25) is 0 Å². The molecule has 0 aromatic rings. The Bertz CT molecular complexity index is 392. The lowest BCUT2D eigenvalue weighted by Crippen LogP contribution is -1.88. The molecule has 0 bridgehead atoms. The Kier molecular flexibility index (Phi) is 10.3. The molecule has 0 aliphatic carbocycles. The molecule has 0 aromatic carbocycles. The van der Waals surface area contributed by atoms with Crippen molar-refractivity contribution in [1.82, 2.24) is 0 Å². The Hall–Kier alpha value is -1.01. The fourth-order valence-corrected chi connectivity index (χ4v) is 2.01. The van der Waals surface area contributed by atoms with Gasteiger partial charge in [-0.25, -0.2) is 0 Å². The highest BCUT2D eigenvalue weighted by atomic mass is 35.5. The Morgan fingerprint density at radius 3 is 2.37 bits per heavy atom. The minimum atomic E-state index is 0.744. The summed E-state index contributed by atoms with van der Waals surface area (Å²) in [7, 11) is 0. The maximum Gasteiger partial charge on any atom is 0.0402 e. The molecule has 0 nitrogen and oxygen atoms in total. The van der Waals surface area contributed by atoms with Gasteiger partial charge >= 0.3 is 0 Å². The molecule has 0 unspecified atom stereocenters. The first-order valence-electron chi connectivity index (χ1n) is 7.06. The highest BCUT2D eigenvalue weighted by molar-refractivity contribution is 6.31. The van der Waals surface area contributed by atoms with Crippen molar-refractivity contribution in [3.63, 3.8) is 0 Å². The zero-order chi connectivity index (χ0) is 14.7. The van der Waals surface area contributed by atoms with Crippen LogP contribution in [0.4, 0.5) is 0 Å². The molecule has 1 heteroatoms. The van der Waals surface area contributed by atoms with E-state index >= 15 is 0 Å². The van der Waals surface area contributed by atoms with Crippen molar-refractivity contribution in [3.05, 3.63) is 58.7 Å². The van der Waals surface area contributed by atoms with Crippen LogP contribution in [0.5, 0.6) is 0 Å². The molecular formula is C18H27Cl. The summed E-state index contributed by atoms with van der Waals surface area (Å²) in [6, 6.07) is 0. The Labute approximate surface area is 124 Å². The topological polar surface area (TPSA) is 0 Å². The van der Waals surface area contributed by atoms with Gasteiger partial charge in [0, 0.05) is 5.03 Å². The van der Waals surface area contributed by atoms with Crippen LogP contribution < -0.4 is 0 Å². The van der Waals surface area contributed by atoms with Crippen LogP contribution in [0.1, 0.15) is 53.4 Å². The average Bonchev–Trinajstić information content (AvgIpc) is 2.36. The van der Waals surface area contributed by atoms with Crippen molar-refractivity contribution in [1.29, 1.82) is 0 Å². The first-order valence-corrected chi connectivity index (χ1v) is 7.43. The van der Waals surface area contributed by atoms with E-state index in [1.54, 1.807) is 0 Å². The molecule has 0 aliphatic rings. The summed E-state index contributed by atoms with van der Waals surface area (Å²) in [5.41, 5.74) is 3.57. The molecule has 106 valence electrons. The molecule has 0 N–H and O–H groups in total. The Balaban J connectivity index is 4.83. The second-order valence-electron chi connectivity index (χ2n) is 4.80. The van der Waals surface area contributed by atoms with Gasteiger partial charge in [0.2, 0.25) is 0 Å². The quantitative estimate of drug-likeness (QED) is 0.342. The van der Waals surface area contributed by atoms with E-state index in [2.05, 4.69) is 39.5 Å². The molecule has 0 heterocycles. The van der Waals surface area contributed by atoms with E-state index in [1.807, 2.05) is 25.2 Å². The predicted octanol–water partition coefficient (Wildman–Crippen LogP) is 6.71. The zero-order valence-electron chi connectivity index (χ0n) is 12.8. The van der Waals surface area contributed by atoms with E-state index < -0.39 is 0 Å². The number of unbranched alkanes of at least 4 members (excludes halogenated alkanes) is 3. The summed E-state index contributed by atoms with van der Waals surface area (Å²) in [6.07, 6.45) is 15.0. The normalized spacial score (nSPS) is 14.3. The van der Waals surface area contributed by atoms with Crippen molar-refractivity contribution in [2.75, 3.05) is 0 Å². The summed E-state index contributed by atoms with van der Waals surface area (Å²) in [4.78, 5) is 0. The van der Waals surface area contributed by atoms with E-state index in [4.69, 9.17) is 11.6 Å². The summed E-state index contributed by atoms with van der Waals surface area (Å²) < 4.78 is 0. The predicted molar refractivity (Wildman–Crippen MR) is 89.5 cm³/mol. The first kappa shape index (κ1) is 18.0. The molecule has 0 radical (unpaired) electrons. The second kappa shape index (κ2) is 10.9. The van der Waals surface area contributed by atoms with E-state index in [-0.39, 0.29) is 0 Å². The fraction of sp³-hybridized carbons (Fsp3) is 0.444. The largest absolute Gasteiger partial charge is 0.0955 e. The summed E-state index contributed by atoms with van der Waals surface area (Å²) in [6.45, 7) is 12.4. The van der Waals surface area contributed by atoms with E-state index in [0.29, 0.717) is 0 Å². The van der Waals surface area contributed by atoms with E-state index in [1.165, 1.54) is 30.4 Å². The van der Waals surface area contributed by atoms with E-state index in [0.717, 1.165) is 17.0 Å². The van der Waals surface area contributed by atoms with Crippen LogP contribution in [0, 0.1) is 0 Å². The third-order valence-corrected chi connectivity index (χ3v) is 3.11. The molecule has 0 atom stereocenters. The molecule has 0 saturated carbocycles. The van der Waals surface area contributed by atoms with Crippen molar-refractivity contribution in [2.45, 2.75) is 53.4 Å². The summed E-state index contributed by atoms with van der Waals surface area (Å²) in [5, 5.41) is 0.744. The molecule has 0 rings (SSSR count). The molecular weight excluding hydrogens is 252 g/mol. The number of hydrogen-bond acceptors (Lipinski definition) is 0. The molecule has 0 fully saturated rings. The summed E-state index contributed by atoms with van der Waals surface area (Å²) in [5.74, 6) is 0. The van der Waals surface area contributed by atoms with Gasteiger partial charge < -0.3 is 0 Å². The Morgan fingerprint density at radius 1 is 1.16 bits per heavy atom. The van der Waals surface area contributed by atoms with Gasteiger partial charge in [0.05, 0.1) is 0 Å². The monoisotopic (exact) mass is 278 g/mol. The third-order valence-electron chi connectivity index (χ3n) is 2.86. The van der Waals surface area contributed by atoms with Gasteiger partial charge in [0.15, 0.2) is 0 Å². The van der Waals surface area contributed by atoms with Gasteiger partial charge in [-0.3, -0.25) is 0 Å². The molecule has 0 aliphatic heterocycles. The van der Waals surface area contributed by atoms with Crippen molar-refractivity contribution in [3.8, 4) is 0 Å². The zero-order valence-corrected chi connectivity index (χ0v) is 13.6. The molecule has 0 aromatic heterocycles. The van der Waals surface area contributed by atoms with Crippen LogP contribution in [-0.4, -0.2) is 0 Å². The SMILES string of the molecule is C=C(C)C(=C\CCCCC)/C(C)=C/C=C(Cl)\C=C/C. The number of hydrogen-bond donors (Lipinski definition) is 0. The number of allylic oxidation sites excluding steroid dienone is 9. The minimum absolute atomic E-state index is 0.744. The average molecular weight is 279 g/mol. The van der Waals surface area contributed by atoms with Crippen molar-refractivity contribution < 1.29 is 0 Å². The lowest BCUT2D eigenvalue weighted by molar-refractivity contribution is 0.728. The first-order chi connectivity index (χ1) is 9.02. The minimum Gasteiger partial charge on any atom is -0.0955 e. The van der Waals surface area contributed by atoms with Crippen LogP contribution in [0.15, 0.2) is 58.7 Å². The van der Waals surface area contributed by atoms with E-state index in [9.17, 15) is 0 Å². The third kappa shape index (κ3) is 8.67.